The molecule has 0 heterocycles. The van der Waals surface area contributed by atoms with Crippen molar-refractivity contribution in [1.29, 1.82) is 0 Å². The summed E-state index contributed by atoms with van der Waals surface area (Å²) in [6.07, 6.45) is 0. The zero-order chi connectivity index (χ0) is 15.3. The first-order valence-electron chi connectivity index (χ1n) is 6.11. The molecule has 1 rings (SSSR count). The van der Waals surface area contributed by atoms with Crippen LogP contribution in [0.25, 0.3) is 0 Å². The van der Waals surface area contributed by atoms with Gasteiger partial charge in [0.1, 0.15) is 0 Å². The zero-order valence-electron chi connectivity index (χ0n) is 11.7. The third-order valence-corrected chi connectivity index (χ3v) is 2.30. The van der Waals surface area contributed by atoms with Crippen LogP contribution in [0.2, 0.25) is 0 Å². The number of carboxylic acids is 1. The van der Waals surface area contributed by atoms with Gasteiger partial charge in [-0.2, -0.15) is 0 Å². The molecule has 6 heteroatoms. The molecular weight excluding hydrogens is 260 g/mol. The molecule has 3 N–H and O–H groups in total. The molecule has 0 aliphatic rings. The van der Waals surface area contributed by atoms with Crippen LogP contribution in [-0.4, -0.2) is 35.0 Å². The highest BCUT2D eigenvalue weighted by molar-refractivity contribution is 5.98. The largest absolute Gasteiger partial charge is 0.478 e. The van der Waals surface area contributed by atoms with Gasteiger partial charge in [0.05, 0.1) is 12.1 Å². The fraction of sp³-hybridized carbons (Fsp3) is 0.357. The number of rotatable bonds is 4. The molecule has 6 nitrogen and oxygen atoms in total. The van der Waals surface area contributed by atoms with Crippen molar-refractivity contribution < 1.29 is 19.5 Å². The predicted octanol–water partition coefficient (Wildman–Crippen LogP) is 1.03. The minimum atomic E-state index is -1.11. The van der Waals surface area contributed by atoms with Gasteiger partial charge in [-0.05, 0) is 39.0 Å². The number of hydrogen-bond donors (Lipinski definition) is 3. The first kappa shape index (κ1) is 15.7. The lowest BCUT2D eigenvalue weighted by atomic mass is 10.1. The summed E-state index contributed by atoms with van der Waals surface area (Å²) in [5.41, 5.74) is -0.143. The molecule has 0 aromatic heterocycles. The van der Waals surface area contributed by atoms with Gasteiger partial charge in [0.2, 0.25) is 5.91 Å². The number of hydrogen-bond acceptors (Lipinski definition) is 3. The number of aromatic carboxylic acids is 1. The second-order valence-electron chi connectivity index (χ2n) is 5.37. The van der Waals surface area contributed by atoms with E-state index in [0.29, 0.717) is 0 Å². The van der Waals surface area contributed by atoms with E-state index in [4.69, 9.17) is 5.11 Å². The molecule has 20 heavy (non-hydrogen) atoms. The second-order valence-corrected chi connectivity index (χ2v) is 5.37. The predicted molar refractivity (Wildman–Crippen MR) is 73.6 cm³/mol. The Hall–Kier alpha value is -2.37. The van der Waals surface area contributed by atoms with Crippen molar-refractivity contribution in [3.05, 3.63) is 35.4 Å². The van der Waals surface area contributed by atoms with Crippen LogP contribution in [0.5, 0.6) is 0 Å². The van der Waals surface area contributed by atoms with Crippen molar-refractivity contribution in [3.8, 4) is 0 Å². The third-order valence-electron chi connectivity index (χ3n) is 2.30. The maximum absolute atomic E-state index is 11.8. The third kappa shape index (κ3) is 5.09. The number of carbonyl (C=O) groups excluding carboxylic acids is 2. The van der Waals surface area contributed by atoms with E-state index in [9.17, 15) is 14.4 Å². The summed E-state index contributed by atoms with van der Waals surface area (Å²) >= 11 is 0. The molecule has 0 unspecified atom stereocenters. The highest BCUT2D eigenvalue weighted by Crippen LogP contribution is 2.05. The summed E-state index contributed by atoms with van der Waals surface area (Å²) in [6.45, 7) is 5.35. The van der Waals surface area contributed by atoms with Gasteiger partial charge >= 0.3 is 5.97 Å². The average molecular weight is 278 g/mol. The van der Waals surface area contributed by atoms with E-state index in [0.717, 1.165) is 0 Å². The van der Waals surface area contributed by atoms with Crippen LogP contribution >= 0.6 is 0 Å². The molecule has 2 amide bonds. The van der Waals surface area contributed by atoms with Gasteiger partial charge in [-0.15, -0.1) is 0 Å². The van der Waals surface area contributed by atoms with E-state index in [-0.39, 0.29) is 29.1 Å². The smallest absolute Gasteiger partial charge is 0.335 e. The van der Waals surface area contributed by atoms with Crippen molar-refractivity contribution in [2.75, 3.05) is 6.54 Å². The Bertz CT molecular complexity index is 532. The monoisotopic (exact) mass is 278 g/mol. The van der Waals surface area contributed by atoms with Gasteiger partial charge in [-0.25, -0.2) is 4.79 Å². The quantitative estimate of drug-likeness (QED) is 0.766. The number of carbonyl (C=O) groups is 3. The molecular formula is C14H18N2O4. The molecule has 0 fully saturated rings. The standard InChI is InChI=1S/C14H18N2O4/c1-14(2,3)16-11(17)8-15-12(18)9-5-4-6-10(7-9)13(19)20/h4-7H,8H2,1-3H3,(H,15,18)(H,16,17)(H,19,20). The van der Waals surface area contributed by atoms with Gasteiger partial charge in [-0.3, -0.25) is 9.59 Å². The van der Waals surface area contributed by atoms with Gasteiger partial charge in [0, 0.05) is 11.1 Å². The zero-order valence-corrected chi connectivity index (χ0v) is 11.7. The van der Waals surface area contributed by atoms with Crippen molar-refractivity contribution in [2.24, 2.45) is 0 Å². The highest BCUT2D eigenvalue weighted by atomic mass is 16.4. The van der Waals surface area contributed by atoms with Crippen LogP contribution in [0.4, 0.5) is 0 Å². The maximum atomic E-state index is 11.8. The Morgan fingerprint density at radius 3 is 2.30 bits per heavy atom. The molecule has 0 saturated heterocycles. The highest BCUT2D eigenvalue weighted by Gasteiger charge is 2.15. The summed E-state index contributed by atoms with van der Waals surface area (Å²) in [4.78, 5) is 34.2. The normalized spacial score (nSPS) is 10.8. The van der Waals surface area contributed by atoms with Crippen LogP contribution in [0.15, 0.2) is 24.3 Å². The van der Waals surface area contributed by atoms with E-state index in [1.807, 2.05) is 20.8 Å². The number of nitrogens with one attached hydrogen (secondary N) is 2. The summed E-state index contributed by atoms with van der Waals surface area (Å²) < 4.78 is 0. The maximum Gasteiger partial charge on any atom is 0.335 e. The van der Waals surface area contributed by atoms with Gasteiger partial charge in [0.25, 0.3) is 5.91 Å². The van der Waals surface area contributed by atoms with Crippen LogP contribution in [-0.2, 0) is 4.79 Å². The minimum absolute atomic E-state index is 0.0248. The first-order valence-corrected chi connectivity index (χ1v) is 6.11. The van der Waals surface area contributed by atoms with E-state index in [2.05, 4.69) is 10.6 Å². The summed E-state index contributed by atoms with van der Waals surface area (Å²) in [5.74, 6) is -1.90. The fourth-order valence-corrected chi connectivity index (χ4v) is 1.52. The first-order chi connectivity index (χ1) is 9.19. The molecule has 1 aromatic rings. The van der Waals surface area contributed by atoms with Crippen molar-refractivity contribution >= 4 is 17.8 Å². The molecule has 0 bridgehead atoms. The molecule has 0 saturated carbocycles. The van der Waals surface area contributed by atoms with Gasteiger partial charge < -0.3 is 15.7 Å². The minimum Gasteiger partial charge on any atom is -0.478 e. The van der Waals surface area contributed by atoms with Crippen molar-refractivity contribution in [1.82, 2.24) is 10.6 Å². The van der Waals surface area contributed by atoms with Gasteiger partial charge in [0.15, 0.2) is 0 Å². The van der Waals surface area contributed by atoms with Crippen LogP contribution in [0, 0.1) is 0 Å². The average Bonchev–Trinajstić information content (AvgIpc) is 2.34. The molecule has 0 atom stereocenters. The van der Waals surface area contributed by atoms with E-state index < -0.39 is 11.9 Å². The topological polar surface area (TPSA) is 95.5 Å². The van der Waals surface area contributed by atoms with Crippen molar-refractivity contribution in [3.63, 3.8) is 0 Å². The molecule has 108 valence electrons. The molecule has 0 aliphatic heterocycles. The van der Waals surface area contributed by atoms with Gasteiger partial charge in [-0.1, -0.05) is 6.07 Å². The lowest BCUT2D eigenvalue weighted by Crippen LogP contribution is -2.45. The Kier molecular flexibility index (Phi) is 4.85. The fourth-order valence-electron chi connectivity index (χ4n) is 1.52. The molecule has 1 aromatic carbocycles. The summed E-state index contributed by atoms with van der Waals surface area (Å²) in [5, 5.41) is 14.0. The Labute approximate surface area is 117 Å². The van der Waals surface area contributed by atoms with Crippen LogP contribution in [0.1, 0.15) is 41.5 Å². The van der Waals surface area contributed by atoms with Crippen LogP contribution in [0.3, 0.4) is 0 Å². The Balaban J connectivity index is 2.61. The summed E-state index contributed by atoms with van der Waals surface area (Å²) in [6, 6.07) is 5.63. The van der Waals surface area contributed by atoms with E-state index >= 15 is 0 Å². The lowest BCUT2D eigenvalue weighted by Gasteiger charge is -2.20. The number of amides is 2. The second kappa shape index (κ2) is 6.18. The summed E-state index contributed by atoms with van der Waals surface area (Å²) in [7, 11) is 0. The van der Waals surface area contributed by atoms with Crippen LogP contribution < -0.4 is 10.6 Å². The Morgan fingerprint density at radius 1 is 1.15 bits per heavy atom. The van der Waals surface area contributed by atoms with Crippen molar-refractivity contribution in [2.45, 2.75) is 26.3 Å². The Morgan fingerprint density at radius 2 is 1.75 bits per heavy atom. The van der Waals surface area contributed by atoms with E-state index in [1.54, 1.807) is 0 Å². The number of benzene rings is 1. The molecule has 0 spiro atoms. The van der Waals surface area contributed by atoms with E-state index in [1.165, 1.54) is 24.3 Å². The number of carboxylic acid groups (broad SMARTS) is 1. The lowest BCUT2D eigenvalue weighted by molar-refractivity contribution is -0.121. The SMILES string of the molecule is CC(C)(C)NC(=O)CNC(=O)c1cccc(C(=O)O)c1. The molecule has 0 aliphatic carbocycles. The molecule has 0 radical (unpaired) electrons.